The van der Waals surface area contributed by atoms with Crippen LogP contribution in [-0.4, -0.2) is 12.6 Å². The first-order chi connectivity index (χ1) is 7.81. The van der Waals surface area contributed by atoms with Gasteiger partial charge < -0.3 is 4.74 Å². The minimum Gasteiger partial charge on any atom is -0.463 e. The minimum absolute atomic E-state index is 0.293. The molecule has 0 radical (unpaired) electrons. The number of carbonyl (C=O) groups is 1. The van der Waals surface area contributed by atoms with E-state index in [0.29, 0.717) is 6.61 Å². The van der Waals surface area contributed by atoms with Gasteiger partial charge in [0, 0.05) is 6.08 Å². The second-order valence-corrected chi connectivity index (χ2v) is 3.42. The summed E-state index contributed by atoms with van der Waals surface area (Å²) in [6.45, 7) is 4.41. The molecule has 0 bridgehead atoms. The van der Waals surface area contributed by atoms with E-state index >= 15 is 0 Å². The van der Waals surface area contributed by atoms with Crippen LogP contribution in [0.15, 0.2) is 36.5 Å². The summed E-state index contributed by atoms with van der Waals surface area (Å²) < 4.78 is 4.74. The number of ether oxygens (including phenoxy) is 1. The standard InChI is InChI=1S/C14H22O2/c1-3-5-6-7-8-9-10-11-12-13-14(15)16-4-2/h8-13H,3-7H2,1-2H3/b9-8+,11-10+,13-12+. The SMILES string of the molecule is CCCCC/C=C/C=C/C=C/C(=O)OCC. The van der Waals surface area contributed by atoms with Crippen LogP contribution < -0.4 is 0 Å². The predicted octanol–water partition coefficient (Wildman–Crippen LogP) is 3.80. The zero-order valence-corrected chi connectivity index (χ0v) is 10.3. The Hall–Kier alpha value is -1.31. The molecular weight excluding hydrogens is 200 g/mol. The summed E-state index contributed by atoms with van der Waals surface area (Å²) in [6, 6.07) is 0. The van der Waals surface area contributed by atoms with Crippen molar-refractivity contribution >= 4 is 5.97 Å². The molecule has 16 heavy (non-hydrogen) atoms. The molecule has 2 nitrogen and oxygen atoms in total. The summed E-state index contributed by atoms with van der Waals surface area (Å²) in [6.07, 6.45) is 15.9. The number of carbonyl (C=O) groups excluding carboxylic acids is 1. The van der Waals surface area contributed by atoms with Gasteiger partial charge in [0.2, 0.25) is 0 Å². The lowest BCUT2D eigenvalue weighted by Crippen LogP contribution is -1.98. The number of allylic oxidation sites excluding steroid dienone is 5. The van der Waals surface area contributed by atoms with Gasteiger partial charge in [0.1, 0.15) is 0 Å². The van der Waals surface area contributed by atoms with E-state index in [-0.39, 0.29) is 5.97 Å². The van der Waals surface area contributed by atoms with Gasteiger partial charge in [0.05, 0.1) is 6.61 Å². The maximum atomic E-state index is 10.9. The molecule has 0 heterocycles. The van der Waals surface area contributed by atoms with Gasteiger partial charge in [-0.2, -0.15) is 0 Å². The van der Waals surface area contributed by atoms with Crippen molar-refractivity contribution in [1.29, 1.82) is 0 Å². The highest BCUT2D eigenvalue weighted by atomic mass is 16.5. The fraction of sp³-hybridized carbons (Fsp3) is 0.500. The first kappa shape index (κ1) is 14.7. The summed E-state index contributed by atoms with van der Waals surface area (Å²) in [7, 11) is 0. The third-order valence-electron chi connectivity index (χ3n) is 1.96. The Morgan fingerprint density at radius 1 is 1.06 bits per heavy atom. The van der Waals surface area contributed by atoms with Gasteiger partial charge in [-0.05, 0) is 19.8 Å². The monoisotopic (exact) mass is 222 g/mol. The first-order valence-electron chi connectivity index (χ1n) is 5.97. The van der Waals surface area contributed by atoms with Gasteiger partial charge in [0.25, 0.3) is 0 Å². The Labute approximate surface area is 98.7 Å². The van der Waals surface area contributed by atoms with Crippen molar-refractivity contribution in [3.05, 3.63) is 36.5 Å². The summed E-state index contributed by atoms with van der Waals surface area (Å²) in [5, 5.41) is 0. The zero-order chi connectivity index (χ0) is 12.1. The first-order valence-corrected chi connectivity index (χ1v) is 5.97. The Bertz CT molecular complexity index is 249. The summed E-state index contributed by atoms with van der Waals surface area (Å²) in [4.78, 5) is 10.9. The van der Waals surface area contributed by atoms with E-state index in [1.165, 1.54) is 25.3 Å². The van der Waals surface area contributed by atoms with Crippen molar-refractivity contribution in [3.63, 3.8) is 0 Å². The largest absolute Gasteiger partial charge is 0.463 e. The van der Waals surface area contributed by atoms with Crippen LogP contribution in [0.25, 0.3) is 0 Å². The molecule has 0 aliphatic heterocycles. The van der Waals surface area contributed by atoms with Gasteiger partial charge in [0.15, 0.2) is 0 Å². The molecule has 0 amide bonds. The van der Waals surface area contributed by atoms with Crippen LogP contribution in [0.3, 0.4) is 0 Å². The molecule has 0 aliphatic rings. The van der Waals surface area contributed by atoms with Crippen molar-refractivity contribution in [2.24, 2.45) is 0 Å². The minimum atomic E-state index is -0.293. The Morgan fingerprint density at radius 3 is 2.50 bits per heavy atom. The van der Waals surface area contributed by atoms with Crippen molar-refractivity contribution in [2.45, 2.75) is 39.5 Å². The van der Waals surface area contributed by atoms with Crippen LogP contribution >= 0.6 is 0 Å². The van der Waals surface area contributed by atoms with Crippen LogP contribution in [-0.2, 0) is 9.53 Å². The fourth-order valence-electron chi connectivity index (χ4n) is 1.14. The topological polar surface area (TPSA) is 26.3 Å². The molecule has 2 heteroatoms. The normalized spacial score (nSPS) is 11.9. The number of hydrogen-bond donors (Lipinski definition) is 0. The summed E-state index contributed by atoms with van der Waals surface area (Å²) >= 11 is 0. The van der Waals surface area contributed by atoms with E-state index in [1.54, 1.807) is 13.0 Å². The molecule has 0 aromatic heterocycles. The molecule has 0 aromatic rings. The quantitative estimate of drug-likeness (QED) is 0.270. The van der Waals surface area contributed by atoms with E-state index in [9.17, 15) is 4.79 Å². The molecule has 0 aromatic carbocycles. The average molecular weight is 222 g/mol. The second-order valence-electron chi connectivity index (χ2n) is 3.42. The van der Waals surface area contributed by atoms with Crippen molar-refractivity contribution < 1.29 is 9.53 Å². The molecule has 0 rings (SSSR count). The highest BCUT2D eigenvalue weighted by molar-refractivity contribution is 5.82. The van der Waals surface area contributed by atoms with Crippen LogP contribution in [0, 0.1) is 0 Å². The smallest absolute Gasteiger partial charge is 0.330 e. The molecule has 0 unspecified atom stereocenters. The molecule has 0 saturated carbocycles. The van der Waals surface area contributed by atoms with Crippen molar-refractivity contribution in [3.8, 4) is 0 Å². The van der Waals surface area contributed by atoms with Gasteiger partial charge in [-0.1, -0.05) is 50.1 Å². The third kappa shape index (κ3) is 10.8. The third-order valence-corrected chi connectivity index (χ3v) is 1.96. The predicted molar refractivity (Wildman–Crippen MR) is 68.2 cm³/mol. The highest BCUT2D eigenvalue weighted by Gasteiger charge is 1.89. The van der Waals surface area contributed by atoms with Gasteiger partial charge in [-0.3, -0.25) is 0 Å². The number of unbranched alkanes of at least 4 members (excludes halogenated alkanes) is 3. The number of hydrogen-bond acceptors (Lipinski definition) is 2. The Kier molecular flexibility index (Phi) is 10.8. The maximum Gasteiger partial charge on any atom is 0.330 e. The van der Waals surface area contributed by atoms with Gasteiger partial charge >= 0.3 is 5.97 Å². The number of rotatable bonds is 8. The van der Waals surface area contributed by atoms with Crippen molar-refractivity contribution in [2.75, 3.05) is 6.61 Å². The van der Waals surface area contributed by atoms with Crippen LogP contribution in [0.1, 0.15) is 39.5 Å². The molecule has 0 aliphatic carbocycles. The van der Waals surface area contributed by atoms with E-state index < -0.39 is 0 Å². The fourth-order valence-corrected chi connectivity index (χ4v) is 1.14. The average Bonchev–Trinajstić information content (AvgIpc) is 2.27. The van der Waals surface area contributed by atoms with Gasteiger partial charge in [-0.15, -0.1) is 0 Å². The Morgan fingerprint density at radius 2 is 1.81 bits per heavy atom. The van der Waals surface area contributed by atoms with E-state index in [0.717, 1.165) is 6.42 Å². The van der Waals surface area contributed by atoms with Crippen LogP contribution in [0.2, 0.25) is 0 Å². The molecule has 0 fully saturated rings. The zero-order valence-electron chi connectivity index (χ0n) is 10.3. The molecular formula is C14H22O2. The maximum absolute atomic E-state index is 10.9. The molecule has 0 atom stereocenters. The second kappa shape index (κ2) is 11.8. The van der Waals surface area contributed by atoms with Crippen LogP contribution in [0.4, 0.5) is 0 Å². The lowest BCUT2D eigenvalue weighted by molar-refractivity contribution is -0.137. The van der Waals surface area contributed by atoms with E-state index in [4.69, 9.17) is 4.74 Å². The van der Waals surface area contributed by atoms with Gasteiger partial charge in [-0.25, -0.2) is 4.79 Å². The van der Waals surface area contributed by atoms with Crippen molar-refractivity contribution in [1.82, 2.24) is 0 Å². The molecule has 0 spiro atoms. The number of esters is 1. The highest BCUT2D eigenvalue weighted by Crippen LogP contribution is 1.99. The molecule has 0 saturated heterocycles. The summed E-state index contributed by atoms with van der Waals surface area (Å²) in [5.41, 5.74) is 0. The summed E-state index contributed by atoms with van der Waals surface area (Å²) in [5.74, 6) is -0.293. The lowest BCUT2D eigenvalue weighted by atomic mass is 10.2. The molecule has 0 N–H and O–H groups in total. The van der Waals surface area contributed by atoms with E-state index in [2.05, 4.69) is 13.0 Å². The Balaban J connectivity index is 3.56. The lowest BCUT2D eigenvalue weighted by Gasteiger charge is -1.92. The van der Waals surface area contributed by atoms with Crippen LogP contribution in [0.5, 0.6) is 0 Å². The van der Waals surface area contributed by atoms with E-state index in [1.807, 2.05) is 18.2 Å². The molecule has 90 valence electrons.